The van der Waals surface area contributed by atoms with Crippen LogP contribution in [-0.2, 0) is 20.3 Å². The van der Waals surface area contributed by atoms with Crippen LogP contribution in [0.25, 0.3) is 0 Å². The van der Waals surface area contributed by atoms with Gasteiger partial charge in [0.15, 0.2) is 0 Å². The predicted octanol–water partition coefficient (Wildman–Crippen LogP) is 2.02. The van der Waals surface area contributed by atoms with Crippen molar-refractivity contribution in [3.05, 3.63) is 0 Å². The van der Waals surface area contributed by atoms with E-state index in [9.17, 15) is 9.00 Å². The number of rotatable bonds is 5. The van der Waals surface area contributed by atoms with Crippen LogP contribution in [0.15, 0.2) is 0 Å². The van der Waals surface area contributed by atoms with Gasteiger partial charge in [0.2, 0.25) is 0 Å². The van der Waals surface area contributed by atoms with Crippen molar-refractivity contribution < 1.29 is 13.7 Å². The minimum Gasteiger partial charge on any atom is -0.465 e. The van der Waals surface area contributed by atoms with Gasteiger partial charge >= 0.3 is 5.97 Å². The molecule has 2 unspecified atom stereocenters. The molecule has 0 aromatic rings. The van der Waals surface area contributed by atoms with E-state index in [0.717, 1.165) is 25.7 Å². The number of hydrogen-bond acceptors (Lipinski definition) is 3. The first-order valence-electron chi connectivity index (χ1n) is 5.76. The second-order valence-electron chi connectivity index (χ2n) is 3.88. The van der Waals surface area contributed by atoms with Gasteiger partial charge in [-0.3, -0.25) is 9.00 Å². The van der Waals surface area contributed by atoms with Gasteiger partial charge in [0.25, 0.3) is 0 Å². The quantitative estimate of drug-likeness (QED) is 0.681. The van der Waals surface area contributed by atoms with Gasteiger partial charge in [-0.15, -0.1) is 0 Å². The first-order chi connectivity index (χ1) is 7.20. The summed E-state index contributed by atoms with van der Waals surface area (Å²) in [5, 5.41) is -0.188. The van der Waals surface area contributed by atoms with Gasteiger partial charge in [0.05, 0.1) is 6.61 Å². The van der Waals surface area contributed by atoms with Crippen LogP contribution in [0, 0.1) is 0 Å². The van der Waals surface area contributed by atoms with Gasteiger partial charge in [-0.2, -0.15) is 0 Å². The van der Waals surface area contributed by atoms with E-state index in [0.29, 0.717) is 13.0 Å². The van der Waals surface area contributed by atoms with Gasteiger partial charge in [0, 0.05) is 16.0 Å². The van der Waals surface area contributed by atoms with Gasteiger partial charge < -0.3 is 4.74 Å². The molecule has 0 aromatic heterocycles. The Labute approximate surface area is 94.0 Å². The third-order valence-corrected chi connectivity index (χ3v) is 5.05. The molecule has 0 radical (unpaired) electrons. The Morgan fingerprint density at radius 3 is 2.47 bits per heavy atom. The molecule has 0 N–H and O–H groups in total. The summed E-state index contributed by atoms with van der Waals surface area (Å²) in [5.74, 6) is -0.287. The van der Waals surface area contributed by atoms with Crippen LogP contribution in [0.1, 0.15) is 46.0 Å². The standard InChI is InChI=1S/C11H20O3S/c1-3-10(11(12)14-4-2)15(13)9-7-5-6-8-9/h9-10H,3-8H2,1-2H3. The largest absolute Gasteiger partial charge is 0.465 e. The van der Waals surface area contributed by atoms with E-state index in [4.69, 9.17) is 4.74 Å². The Bertz CT molecular complexity index is 234. The third-order valence-electron chi connectivity index (χ3n) is 2.83. The maximum absolute atomic E-state index is 12.1. The molecule has 15 heavy (non-hydrogen) atoms. The molecule has 1 aliphatic rings. The van der Waals surface area contributed by atoms with Gasteiger partial charge in [0.1, 0.15) is 5.25 Å². The fraction of sp³-hybridized carbons (Fsp3) is 0.909. The molecule has 1 saturated carbocycles. The third kappa shape index (κ3) is 3.30. The van der Waals surface area contributed by atoms with E-state index in [1.54, 1.807) is 6.92 Å². The van der Waals surface area contributed by atoms with Crippen molar-refractivity contribution in [1.82, 2.24) is 0 Å². The molecule has 0 saturated heterocycles. The maximum Gasteiger partial charge on any atom is 0.321 e. The first-order valence-corrected chi connectivity index (χ1v) is 7.04. The normalized spacial score (nSPS) is 21.2. The number of carbonyl (C=O) groups excluding carboxylic acids is 1. The lowest BCUT2D eigenvalue weighted by atomic mass is 10.3. The van der Waals surface area contributed by atoms with Crippen LogP contribution in [0.2, 0.25) is 0 Å². The van der Waals surface area contributed by atoms with Crippen molar-refractivity contribution in [3.63, 3.8) is 0 Å². The summed E-state index contributed by atoms with van der Waals surface area (Å²) in [6, 6.07) is 0. The Morgan fingerprint density at radius 1 is 1.40 bits per heavy atom. The molecule has 0 spiro atoms. The van der Waals surface area contributed by atoms with Crippen molar-refractivity contribution in [2.75, 3.05) is 6.61 Å². The smallest absolute Gasteiger partial charge is 0.321 e. The molecule has 2 atom stereocenters. The molecule has 0 bridgehead atoms. The second-order valence-corrected chi connectivity index (χ2v) is 5.78. The van der Waals surface area contributed by atoms with Crippen molar-refractivity contribution in [3.8, 4) is 0 Å². The molecule has 1 rings (SSSR count). The second kappa shape index (κ2) is 6.26. The molecule has 0 heterocycles. The number of carbonyl (C=O) groups is 1. The summed E-state index contributed by atoms with van der Waals surface area (Å²) in [4.78, 5) is 11.6. The SMILES string of the molecule is CCOC(=O)C(CC)S(=O)C1CCCC1. The minimum atomic E-state index is -1.04. The fourth-order valence-corrected chi connectivity index (χ4v) is 3.86. The summed E-state index contributed by atoms with van der Waals surface area (Å²) in [7, 11) is -1.04. The van der Waals surface area contributed by atoms with E-state index in [-0.39, 0.29) is 11.2 Å². The summed E-state index contributed by atoms with van der Waals surface area (Å²) in [6.45, 7) is 4.05. The molecule has 0 aromatic carbocycles. The van der Waals surface area contributed by atoms with Crippen molar-refractivity contribution in [2.24, 2.45) is 0 Å². The first kappa shape index (κ1) is 12.7. The van der Waals surface area contributed by atoms with Crippen LogP contribution in [0.5, 0.6) is 0 Å². The molecule has 1 fully saturated rings. The lowest BCUT2D eigenvalue weighted by molar-refractivity contribution is -0.142. The van der Waals surface area contributed by atoms with Crippen molar-refractivity contribution in [2.45, 2.75) is 56.5 Å². The number of ether oxygens (including phenoxy) is 1. The van der Waals surface area contributed by atoms with E-state index >= 15 is 0 Å². The molecular weight excluding hydrogens is 212 g/mol. The zero-order valence-electron chi connectivity index (χ0n) is 9.53. The highest BCUT2D eigenvalue weighted by atomic mass is 32.2. The minimum absolute atomic E-state index is 0.222. The highest BCUT2D eigenvalue weighted by molar-refractivity contribution is 7.87. The van der Waals surface area contributed by atoms with Gasteiger partial charge in [-0.25, -0.2) is 0 Å². The number of esters is 1. The fourth-order valence-electron chi connectivity index (χ4n) is 2.01. The van der Waals surface area contributed by atoms with Crippen molar-refractivity contribution >= 4 is 16.8 Å². The van der Waals surface area contributed by atoms with E-state index in [2.05, 4.69) is 0 Å². The summed E-state index contributed by atoms with van der Waals surface area (Å²) in [6.07, 6.45) is 4.91. The Balaban J connectivity index is 2.56. The van der Waals surface area contributed by atoms with Crippen LogP contribution in [0.3, 0.4) is 0 Å². The van der Waals surface area contributed by atoms with Crippen LogP contribution >= 0.6 is 0 Å². The molecule has 0 aliphatic heterocycles. The molecule has 0 amide bonds. The van der Waals surface area contributed by atoms with Gasteiger partial charge in [-0.05, 0) is 26.2 Å². The highest BCUT2D eigenvalue weighted by Gasteiger charge is 2.32. The van der Waals surface area contributed by atoms with Gasteiger partial charge in [-0.1, -0.05) is 19.8 Å². The molecule has 88 valence electrons. The molecule has 3 nitrogen and oxygen atoms in total. The maximum atomic E-state index is 12.1. The molecule has 1 aliphatic carbocycles. The van der Waals surface area contributed by atoms with E-state index in [1.165, 1.54) is 0 Å². The van der Waals surface area contributed by atoms with E-state index in [1.807, 2.05) is 6.92 Å². The molecular formula is C11H20O3S. The summed E-state index contributed by atoms with van der Waals surface area (Å²) in [5.41, 5.74) is 0. The Morgan fingerprint density at radius 2 is 2.00 bits per heavy atom. The summed E-state index contributed by atoms with van der Waals surface area (Å²) < 4.78 is 17.0. The van der Waals surface area contributed by atoms with Crippen molar-refractivity contribution in [1.29, 1.82) is 0 Å². The highest BCUT2D eigenvalue weighted by Crippen LogP contribution is 2.26. The zero-order valence-corrected chi connectivity index (χ0v) is 10.3. The van der Waals surface area contributed by atoms with Crippen LogP contribution in [0.4, 0.5) is 0 Å². The monoisotopic (exact) mass is 232 g/mol. The average molecular weight is 232 g/mol. The van der Waals surface area contributed by atoms with Crippen LogP contribution in [-0.4, -0.2) is 27.3 Å². The average Bonchev–Trinajstić information content (AvgIpc) is 2.71. The predicted molar refractivity (Wildman–Crippen MR) is 61.1 cm³/mol. The van der Waals surface area contributed by atoms with E-state index < -0.39 is 16.0 Å². The zero-order chi connectivity index (χ0) is 11.3. The topological polar surface area (TPSA) is 43.4 Å². The van der Waals surface area contributed by atoms with Crippen LogP contribution < -0.4 is 0 Å². The lowest BCUT2D eigenvalue weighted by Gasteiger charge is -2.17. The Hall–Kier alpha value is -0.380. The number of hydrogen-bond donors (Lipinski definition) is 0. The Kier molecular flexibility index (Phi) is 5.29. The molecule has 4 heteroatoms. The lowest BCUT2D eigenvalue weighted by Crippen LogP contribution is -2.32. The summed E-state index contributed by atoms with van der Waals surface area (Å²) >= 11 is 0.